The van der Waals surface area contributed by atoms with Crippen molar-refractivity contribution in [3.63, 3.8) is 0 Å². The number of hydrogen-bond acceptors (Lipinski definition) is 3. The predicted octanol–water partition coefficient (Wildman–Crippen LogP) is 4.00. The standard InChI is InChI=1S/C22H21N3O2/c26-22(23-18-12-13-27-21-9-5-4-8-17(18)21)20-14-19(15-10-11-15)24-25(20)16-6-2-1-3-7-16/h1-9,14-15,18H,10-13H2,(H,23,26). The molecule has 1 fully saturated rings. The number of para-hydroxylation sites is 2. The molecule has 5 nitrogen and oxygen atoms in total. The number of benzene rings is 2. The molecule has 1 aromatic heterocycles. The van der Waals surface area contributed by atoms with Crippen LogP contribution in [0.15, 0.2) is 60.7 Å². The zero-order valence-electron chi connectivity index (χ0n) is 15.0. The Morgan fingerprint density at radius 1 is 1.04 bits per heavy atom. The molecule has 2 heterocycles. The van der Waals surface area contributed by atoms with Crippen LogP contribution in [-0.2, 0) is 0 Å². The highest BCUT2D eigenvalue weighted by Crippen LogP contribution is 2.40. The number of rotatable bonds is 4. The number of carbonyl (C=O) groups is 1. The number of amides is 1. The van der Waals surface area contributed by atoms with Crippen LogP contribution in [0.2, 0.25) is 0 Å². The maximum absolute atomic E-state index is 13.2. The monoisotopic (exact) mass is 359 g/mol. The Kier molecular flexibility index (Phi) is 3.93. The van der Waals surface area contributed by atoms with E-state index in [-0.39, 0.29) is 11.9 Å². The summed E-state index contributed by atoms with van der Waals surface area (Å²) in [6.07, 6.45) is 3.07. The van der Waals surface area contributed by atoms with Gasteiger partial charge in [-0.2, -0.15) is 5.10 Å². The summed E-state index contributed by atoms with van der Waals surface area (Å²) in [5, 5.41) is 7.93. The molecule has 136 valence electrons. The molecular weight excluding hydrogens is 338 g/mol. The van der Waals surface area contributed by atoms with Gasteiger partial charge in [-0.05, 0) is 37.1 Å². The van der Waals surface area contributed by atoms with Crippen LogP contribution in [0.25, 0.3) is 5.69 Å². The lowest BCUT2D eigenvalue weighted by Gasteiger charge is -2.26. The molecule has 1 aliphatic heterocycles. The molecule has 0 radical (unpaired) electrons. The van der Waals surface area contributed by atoms with Crippen LogP contribution in [0.3, 0.4) is 0 Å². The lowest BCUT2D eigenvalue weighted by atomic mass is 10.0. The van der Waals surface area contributed by atoms with Crippen molar-refractivity contribution in [2.24, 2.45) is 0 Å². The summed E-state index contributed by atoms with van der Waals surface area (Å²) >= 11 is 0. The number of carbonyl (C=O) groups excluding carboxylic acids is 1. The highest BCUT2D eigenvalue weighted by molar-refractivity contribution is 5.93. The van der Waals surface area contributed by atoms with Gasteiger partial charge in [-0.25, -0.2) is 4.68 Å². The zero-order valence-corrected chi connectivity index (χ0v) is 15.0. The van der Waals surface area contributed by atoms with Crippen LogP contribution in [0.4, 0.5) is 0 Å². The van der Waals surface area contributed by atoms with E-state index in [2.05, 4.69) is 5.32 Å². The van der Waals surface area contributed by atoms with E-state index < -0.39 is 0 Å². The molecule has 5 heteroatoms. The Hall–Kier alpha value is -3.08. The van der Waals surface area contributed by atoms with Crippen LogP contribution < -0.4 is 10.1 Å². The molecule has 1 unspecified atom stereocenters. The number of nitrogens with zero attached hydrogens (tertiary/aromatic N) is 2. The molecule has 1 aliphatic carbocycles. The number of aromatic nitrogens is 2. The highest BCUT2D eigenvalue weighted by atomic mass is 16.5. The summed E-state index contributed by atoms with van der Waals surface area (Å²) in [4.78, 5) is 13.2. The fraction of sp³-hybridized carbons (Fsp3) is 0.273. The first-order valence-corrected chi connectivity index (χ1v) is 9.47. The molecular formula is C22H21N3O2. The highest BCUT2D eigenvalue weighted by Gasteiger charge is 2.30. The van der Waals surface area contributed by atoms with Gasteiger partial charge in [0.05, 0.1) is 24.0 Å². The maximum atomic E-state index is 13.2. The van der Waals surface area contributed by atoms with Crippen molar-refractivity contribution in [1.82, 2.24) is 15.1 Å². The quantitative estimate of drug-likeness (QED) is 0.766. The van der Waals surface area contributed by atoms with Crippen LogP contribution in [0, 0.1) is 0 Å². The van der Waals surface area contributed by atoms with Crippen LogP contribution in [-0.4, -0.2) is 22.3 Å². The summed E-state index contributed by atoms with van der Waals surface area (Å²) in [6.45, 7) is 0.604. The summed E-state index contributed by atoms with van der Waals surface area (Å²) in [7, 11) is 0. The lowest BCUT2D eigenvalue weighted by Crippen LogP contribution is -2.33. The Bertz CT molecular complexity index is 976. The second kappa shape index (κ2) is 6.58. The van der Waals surface area contributed by atoms with Gasteiger partial charge in [0.15, 0.2) is 0 Å². The Balaban J connectivity index is 1.47. The molecule has 5 rings (SSSR count). The fourth-order valence-corrected chi connectivity index (χ4v) is 3.63. The molecule has 27 heavy (non-hydrogen) atoms. The van der Waals surface area contributed by atoms with Crippen molar-refractivity contribution >= 4 is 5.91 Å². The molecule has 3 aromatic rings. The zero-order chi connectivity index (χ0) is 18.2. The Labute approximate surface area is 158 Å². The van der Waals surface area contributed by atoms with E-state index >= 15 is 0 Å². The second-order valence-electron chi connectivity index (χ2n) is 7.18. The third kappa shape index (κ3) is 3.10. The van der Waals surface area contributed by atoms with Crippen LogP contribution in [0.5, 0.6) is 5.75 Å². The smallest absolute Gasteiger partial charge is 0.270 e. The average Bonchev–Trinajstić information content (AvgIpc) is 3.47. The molecule has 0 saturated heterocycles. The van der Waals surface area contributed by atoms with Gasteiger partial charge in [-0.15, -0.1) is 0 Å². The van der Waals surface area contributed by atoms with E-state index in [1.54, 1.807) is 4.68 Å². The van der Waals surface area contributed by atoms with Crippen LogP contribution in [0.1, 0.15) is 53.0 Å². The molecule has 0 bridgehead atoms. The first-order valence-electron chi connectivity index (χ1n) is 9.47. The second-order valence-corrected chi connectivity index (χ2v) is 7.18. The third-order valence-corrected chi connectivity index (χ3v) is 5.22. The number of nitrogens with one attached hydrogen (secondary N) is 1. The third-order valence-electron chi connectivity index (χ3n) is 5.22. The summed E-state index contributed by atoms with van der Waals surface area (Å²) in [5.41, 5.74) is 3.54. The van der Waals surface area contributed by atoms with Gasteiger partial charge < -0.3 is 10.1 Å². The van der Waals surface area contributed by atoms with Crippen molar-refractivity contribution in [3.8, 4) is 11.4 Å². The summed E-state index contributed by atoms with van der Waals surface area (Å²) in [5.74, 6) is 1.24. The summed E-state index contributed by atoms with van der Waals surface area (Å²) < 4.78 is 7.48. The van der Waals surface area contributed by atoms with E-state index in [9.17, 15) is 4.79 Å². The van der Waals surface area contributed by atoms with Crippen molar-refractivity contribution in [2.75, 3.05) is 6.61 Å². The fourth-order valence-electron chi connectivity index (χ4n) is 3.63. The van der Waals surface area contributed by atoms with E-state index in [4.69, 9.17) is 9.84 Å². The minimum Gasteiger partial charge on any atom is -0.493 e. The van der Waals surface area contributed by atoms with Crippen molar-refractivity contribution in [2.45, 2.75) is 31.2 Å². The molecule has 2 aliphatic rings. The molecule has 1 saturated carbocycles. The molecule has 0 spiro atoms. The van der Waals surface area contributed by atoms with Gasteiger partial charge in [0, 0.05) is 17.9 Å². The minimum absolute atomic E-state index is 0.0500. The van der Waals surface area contributed by atoms with Crippen molar-refractivity contribution in [3.05, 3.63) is 77.6 Å². The summed E-state index contributed by atoms with van der Waals surface area (Å²) in [6, 6.07) is 19.6. The number of ether oxygens (including phenoxy) is 1. The molecule has 1 atom stereocenters. The Morgan fingerprint density at radius 2 is 1.81 bits per heavy atom. The van der Waals surface area contributed by atoms with Gasteiger partial charge in [-0.3, -0.25) is 4.79 Å². The lowest BCUT2D eigenvalue weighted by molar-refractivity contribution is 0.0917. The maximum Gasteiger partial charge on any atom is 0.270 e. The molecule has 2 aromatic carbocycles. The SMILES string of the molecule is O=C(NC1CCOc2ccccc21)c1cc(C2CC2)nn1-c1ccccc1. The average molecular weight is 359 g/mol. The first kappa shape index (κ1) is 16.1. The van der Waals surface area contributed by atoms with Gasteiger partial charge in [-0.1, -0.05) is 36.4 Å². The number of fused-ring (bicyclic) bond motifs is 1. The van der Waals surface area contributed by atoms with Gasteiger partial charge >= 0.3 is 0 Å². The minimum atomic E-state index is -0.0973. The van der Waals surface area contributed by atoms with Crippen molar-refractivity contribution in [1.29, 1.82) is 0 Å². The number of hydrogen-bond donors (Lipinski definition) is 1. The Morgan fingerprint density at radius 3 is 2.63 bits per heavy atom. The van der Waals surface area contributed by atoms with E-state index in [0.717, 1.165) is 42.0 Å². The topological polar surface area (TPSA) is 56.1 Å². The van der Waals surface area contributed by atoms with E-state index in [0.29, 0.717) is 18.2 Å². The van der Waals surface area contributed by atoms with Gasteiger partial charge in [0.2, 0.25) is 0 Å². The first-order chi connectivity index (χ1) is 13.3. The van der Waals surface area contributed by atoms with Gasteiger partial charge in [0.25, 0.3) is 5.91 Å². The normalized spacial score (nSPS) is 18.4. The van der Waals surface area contributed by atoms with Crippen molar-refractivity contribution < 1.29 is 9.53 Å². The predicted molar refractivity (Wildman–Crippen MR) is 102 cm³/mol. The van der Waals surface area contributed by atoms with E-state index in [1.807, 2.05) is 60.7 Å². The van der Waals surface area contributed by atoms with Gasteiger partial charge in [0.1, 0.15) is 11.4 Å². The largest absolute Gasteiger partial charge is 0.493 e. The van der Waals surface area contributed by atoms with E-state index in [1.165, 1.54) is 0 Å². The van der Waals surface area contributed by atoms with Crippen LogP contribution >= 0.6 is 0 Å². The molecule has 1 amide bonds. The molecule has 1 N–H and O–H groups in total.